The third-order valence-corrected chi connectivity index (χ3v) is 6.15. The van der Waals surface area contributed by atoms with Crippen molar-refractivity contribution in [1.82, 2.24) is 5.32 Å². The van der Waals surface area contributed by atoms with Crippen LogP contribution in [0.2, 0.25) is 0 Å². The molecular weight excluding hydrogens is 396 g/mol. The summed E-state index contributed by atoms with van der Waals surface area (Å²) in [4.78, 5) is 12.5. The van der Waals surface area contributed by atoms with Gasteiger partial charge in [0.15, 0.2) is 0 Å². The van der Waals surface area contributed by atoms with Gasteiger partial charge in [-0.3, -0.25) is 9.10 Å². The van der Waals surface area contributed by atoms with Crippen molar-refractivity contribution in [1.29, 1.82) is 0 Å². The molecular formula is C24H28N2O3S. The number of carbonyl (C=O) groups excluding carboxylic acids is 1. The number of fused-ring (bicyclic) bond motifs is 1. The molecule has 0 heterocycles. The number of nitrogens with one attached hydrogen (secondary N) is 1. The van der Waals surface area contributed by atoms with Crippen LogP contribution in [0.25, 0.3) is 10.8 Å². The van der Waals surface area contributed by atoms with E-state index in [0.717, 1.165) is 32.5 Å². The van der Waals surface area contributed by atoms with E-state index in [-0.39, 0.29) is 17.9 Å². The number of sulfonamides is 1. The summed E-state index contributed by atoms with van der Waals surface area (Å²) in [5.41, 5.74) is 2.50. The molecule has 30 heavy (non-hydrogen) atoms. The zero-order valence-electron chi connectivity index (χ0n) is 17.8. The van der Waals surface area contributed by atoms with Gasteiger partial charge in [-0.2, -0.15) is 0 Å². The Kier molecular flexibility index (Phi) is 6.17. The maximum absolute atomic E-state index is 12.5. The molecule has 1 N–H and O–H groups in total. The van der Waals surface area contributed by atoms with Crippen LogP contribution in [0.1, 0.15) is 31.9 Å². The summed E-state index contributed by atoms with van der Waals surface area (Å²) in [5.74, 6) is -0.353. The van der Waals surface area contributed by atoms with Gasteiger partial charge >= 0.3 is 0 Å². The van der Waals surface area contributed by atoms with Crippen LogP contribution in [-0.2, 0) is 26.8 Å². The van der Waals surface area contributed by atoms with Gasteiger partial charge in [-0.05, 0) is 45.5 Å². The average Bonchev–Trinajstić information content (AvgIpc) is 2.69. The second-order valence-corrected chi connectivity index (χ2v) is 10.4. The fourth-order valence-corrected chi connectivity index (χ4v) is 4.12. The SMILES string of the molecule is CC(C)(C)c1ccc(N(CC(=O)NCc2ccc3ccccc3c2)S(C)(=O)=O)cc1. The van der Waals surface area contributed by atoms with E-state index < -0.39 is 10.0 Å². The third-order valence-electron chi connectivity index (χ3n) is 5.01. The quantitative estimate of drug-likeness (QED) is 0.644. The first-order valence-electron chi connectivity index (χ1n) is 9.87. The lowest BCUT2D eigenvalue weighted by Gasteiger charge is -2.24. The van der Waals surface area contributed by atoms with Crippen molar-refractivity contribution in [2.24, 2.45) is 0 Å². The van der Waals surface area contributed by atoms with Gasteiger partial charge in [0.25, 0.3) is 0 Å². The monoisotopic (exact) mass is 424 g/mol. The van der Waals surface area contributed by atoms with Crippen molar-refractivity contribution in [2.75, 3.05) is 17.1 Å². The molecule has 0 aliphatic heterocycles. The van der Waals surface area contributed by atoms with Gasteiger partial charge in [0.2, 0.25) is 15.9 Å². The number of benzene rings is 3. The standard InChI is InChI=1S/C24H28N2O3S/c1-24(2,3)21-11-13-22(14-12-21)26(30(4,28)29)17-23(27)25-16-18-9-10-19-7-5-6-8-20(19)15-18/h5-15H,16-17H2,1-4H3,(H,25,27). The molecule has 0 fully saturated rings. The smallest absolute Gasteiger partial charge is 0.241 e. The van der Waals surface area contributed by atoms with Crippen molar-refractivity contribution in [2.45, 2.75) is 32.7 Å². The molecule has 3 rings (SSSR count). The topological polar surface area (TPSA) is 66.5 Å². The normalized spacial score (nSPS) is 12.0. The molecule has 0 spiro atoms. The van der Waals surface area contributed by atoms with E-state index in [9.17, 15) is 13.2 Å². The molecule has 3 aromatic rings. The summed E-state index contributed by atoms with van der Waals surface area (Å²) in [6, 6.07) is 21.3. The van der Waals surface area contributed by atoms with E-state index in [1.54, 1.807) is 12.1 Å². The predicted molar refractivity (Wildman–Crippen MR) is 123 cm³/mol. The van der Waals surface area contributed by atoms with Crippen LogP contribution in [0.4, 0.5) is 5.69 Å². The lowest BCUT2D eigenvalue weighted by molar-refractivity contribution is -0.119. The number of anilines is 1. The Morgan fingerprint density at radius 3 is 2.17 bits per heavy atom. The minimum Gasteiger partial charge on any atom is -0.350 e. The fourth-order valence-electron chi connectivity index (χ4n) is 3.26. The lowest BCUT2D eigenvalue weighted by Crippen LogP contribution is -2.40. The molecule has 0 saturated heterocycles. The van der Waals surface area contributed by atoms with Crippen molar-refractivity contribution in [3.8, 4) is 0 Å². The van der Waals surface area contributed by atoms with Crippen molar-refractivity contribution >= 4 is 32.4 Å². The average molecular weight is 425 g/mol. The number of nitrogens with zero attached hydrogens (tertiary/aromatic N) is 1. The van der Waals surface area contributed by atoms with E-state index in [1.807, 2.05) is 54.6 Å². The summed E-state index contributed by atoms with van der Waals surface area (Å²) < 4.78 is 25.8. The van der Waals surface area contributed by atoms with Gasteiger partial charge in [-0.15, -0.1) is 0 Å². The Labute approximate surface area is 178 Å². The highest BCUT2D eigenvalue weighted by atomic mass is 32.2. The molecule has 0 aliphatic carbocycles. The number of hydrogen-bond donors (Lipinski definition) is 1. The van der Waals surface area contributed by atoms with Crippen molar-refractivity contribution < 1.29 is 13.2 Å². The van der Waals surface area contributed by atoms with E-state index in [0.29, 0.717) is 12.2 Å². The maximum Gasteiger partial charge on any atom is 0.241 e. The van der Waals surface area contributed by atoms with E-state index in [2.05, 4.69) is 26.1 Å². The zero-order valence-corrected chi connectivity index (χ0v) is 18.7. The van der Waals surface area contributed by atoms with Crippen LogP contribution in [-0.4, -0.2) is 27.1 Å². The molecule has 1 amide bonds. The first kappa shape index (κ1) is 21.8. The predicted octanol–water partition coefficient (Wildman–Crippen LogP) is 4.22. The van der Waals surface area contributed by atoms with Gasteiger partial charge in [0.1, 0.15) is 6.54 Å². The molecule has 5 nitrogen and oxygen atoms in total. The van der Waals surface area contributed by atoms with Crippen LogP contribution in [0.5, 0.6) is 0 Å². The molecule has 0 aromatic heterocycles. The first-order valence-corrected chi connectivity index (χ1v) is 11.7. The van der Waals surface area contributed by atoms with Gasteiger partial charge < -0.3 is 5.32 Å². The van der Waals surface area contributed by atoms with Crippen LogP contribution in [0.3, 0.4) is 0 Å². The third kappa shape index (κ3) is 5.39. The molecule has 0 radical (unpaired) electrons. The summed E-state index contributed by atoms with van der Waals surface area (Å²) >= 11 is 0. The maximum atomic E-state index is 12.5. The van der Waals surface area contributed by atoms with E-state index in [4.69, 9.17) is 0 Å². The van der Waals surface area contributed by atoms with Crippen LogP contribution < -0.4 is 9.62 Å². The summed E-state index contributed by atoms with van der Waals surface area (Å²) in [6.45, 7) is 6.36. The first-order chi connectivity index (χ1) is 14.0. The highest BCUT2D eigenvalue weighted by Crippen LogP contribution is 2.26. The fraction of sp³-hybridized carbons (Fsp3) is 0.292. The van der Waals surface area contributed by atoms with Crippen molar-refractivity contribution in [3.05, 3.63) is 77.9 Å². The number of carbonyl (C=O) groups is 1. The number of hydrogen-bond acceptors (Lipinski definition) is 3. The van der Waals surface area contributed by atoms with Gasteiger partial charge in [0, 0.05) is 6.54 Å². The summed E-state index contributed by atoms with van der Waals surface area (Å²) in [6.07, 6.45) is 1.11. The Bertz CT molecular complexity index is 1150. The molecule has 0 aliphatic rings. The molecule has 0 bridgehead atoms. The molecule has 6 heteroatoms. The van der Waals surface area contributed by atoms with Crippen molar-refractivity contribution in [3.63, 3.8) is 0 Å². The zero-order chi connectivity index (χ0) is 21.9. The molecule has 0 saturated carbocycles. The van der Waals surface area contributed by atoms with Crippen LogP contribution in [0.15, 0.2) is 66.7 Å². The Hall–Kier alpha value is -2.86. The van der Waals surface area contributed by atoms with E-state index in [1.165, 1.54) is 0 Å². The second kappa shape index (κ2) is 8.48. The Balaban J connectivity index is 1.71. The second-order valence-electron chi connectivity index (χ2n) is 8.52. The lowest BCUT2D eigenvalue weighted by atomic mass is 9.87. The Morgan fingerprint density at radius 1 is 0.933 bits per heavy atom. The van der Waals surface area contributed by atoms with E-state index >= 15 is 0 Å². The summed E-state index contributed by atoms with van der Waals surface area (Å²) in [7, 11) is -3.60. The molecule has 0 unspecified atom stereocenters. The minimum atomic E-state index is -3.60. The number of rotatable bonds is 6. The van der Waals surface area contributed by atoms with Gasteiger partial charge in [0.05, 0.1) is 11.9 Å². The van der Waals surface area contributed by atoms with Crippen LogP contribution in [0, 0.1) is 0 Å². The molecule has 3 aromatic carbocycles. The van der Waals surface area contributed by atoms with Gasteiger partial charge in [-0.25, -0.2) is 8.42 Å². The number of amides is 1. The highest BCUT2D eigenvalue weighted by molar-refractivity contribution is 7.92. The highest BCUT2D eigenvalue weighted by Gasteiger charge is 2.22. The minimum absolute atomic E-state index is 0.0360. The van der Waals surface area contributed by atoms with Crippen LogP contribution >= 0.6 is 0 Å². The summed E-state index contributed by atoms with van der Waals surface area (Å²) in [5, 5.41) is 5.06. The molecule has 0 atom stereocenters. The largest absolute Gasteiger partial charge is 0.350 e. The Morgan fingerprint density at radius 2 is 1.57 bits per heavy atom. The van der Waals surface area contributed by atoms with Gasteiger partial charge in [-0.1, -0.05) is 69.3 Å². The molecule has 158 valence electrons.